The fourth-order valence-electron chi connectivity index (χ4n) is 2.83. The highest BCUT2D eigenvalue weighted by Crippen LogP contribution is 2.30. The van der Waals surface area contributed by atoms with Gasteiger partial charge in [-0.3, -0.25) is 0 Å². The van der Waals surface area contributed by atoms with Gasteiger partial charge in [-0.15, -0.1) is 11.3 Å². The third kappa shape index (κ3) is 6.05. The standard InChI is InChI=1S/C16H26F3N5O2S2/c1-3-14-23-13(11-27-14)10-22-15(20-4-2)21-9-12-5-7-24(8-6-12)28(25,26)16(17,18)19/h11-12H,3-10H2,1-2H3,(H2,20,21,22). The molecule has 2 heterocycles. The van der Waals surface area contributed by atoms with E-state index in [1.807, 2.05) is 19.2 Å². The van der Waals surface area contributed by atoms with E-state index in [2.05, 4.69) is 20.6 Å². The van der Waals surface area contributed by atoms with Crippen molar-refractivity contribution < 1.29 is 21.6 Å². The lowest BCUT2D eigenvalue weighted by Gasteiger charge is -2.31. The Hall–Kier alpha value is -1.40. The molecule has 0 aliphatic carbocycles. The molecular weight excluding hydrogens is 415 g/mol. The first-order valence-electron chi connectivity index (χ1n) is 9.19. The van der Waals surface area contributed by atoms with Crippen LogP contribution in [0.1, 0.15) is 37.4 Å². The number of rotatable bonds is 7. The van der Waals surface area contributed by atoms with Crippen molar-refractivity contribution in [2.75, 3.05) is 26.2 Å². The quantitative estimate of drug-likeness (QED) is 0.501. The zero-order valence-electron chi connectivity index (χ0n) is 15.9. The van der Waals surface area contributed by atoms with Crippen molar-refractivity contribution in [2.45, 2.75) is 45.2 Å². The Morgan fingerprint density at radius 3 is 2.54 bits per heavy atom. The minimum Gasteiger partial charge on any atom is -0.357 e. The molecule has 0 unspecified atom stereocenters. The highest BCUT2D eigenvalue weighted by molar-refractivity contribution is 7.90. The number of piperidine rings is 1. The van der Waals surface area contributed by atoms with Crippen LogP contribution in [-0.2, 0) is 23.0 Å². The lowest BCUT2D eigenvalue weighted by Crippen LogP contribution is -2.47. The van der Waals surface area contributed by atoms with Crippen molar-refractivity contribution in [3.05, 3.63) is 16.1 Å². The van der Waals surface area contributed by atoms with E-state index < -0.39 is 15.5 Å². The van der Waals surface area contributed by atoms with Crippen LogP contribution in [-0.4, -0.2) is 55.4 Å². The molecule has 1 aliphatic heterocycles. The molecule has 2 rings (SSSR count). The molecule has 28 heavy (non-hydrogen) atoms. The van der Waals surface area contributed by atoms with Crippen LogP contribution in [0.3, 0.4) is 0 Å². The van der Waals surface area contributed by atoms with E-state index in [4.69, 9.17) is 0 Å². The predicted octanol–water partition coefficient (Wildman–Crippen LogP) is 2.32. The Kier molecular flexibility index (Phi) is 8.07. The summed E-state index contributed by atoms with van der Waals surface area (Å²) < 4.78 is 61.3. The summed E-state index contributed by atoms with van der Waals surface area (Å²) in [7, 11) is -5.23. The number of nitrogens with zero attached hydrogens (tertiary/aromatic N) is 3. The summed E-state index contributed by atoms with van der Waals surface area (Å²) in [6.45, 7) is 5.36. The highest BCUT2D eigenvalue weighted by atomic mass is 32.2. The minimum atomic E-state index is -5.24. The Morgan fingerprint density at radius 2 is 2.00 bits per heavy atom. The van der Waals surface area contributed by atoms with Crippen LogP contribution in [0, 0.1) is 5.92 Å². The molecule has 0 radical (unpaired) electrons. The minimum absolute atomic E-state index is 0.0782. The van der Waals surface area contributed by atoms with E-state index in [9.17, 15) is 21.6 Å². The van der Waals surface area contributed by atoms with Crippen molar-refractivity contribution in [1.82, 2.24) is 19.9 Å². The fourth-order valence-corrected chi connectivity index (χ4v) is 4.55. The number of hydrogen-bond acceptors (Lipinski definition) is 5. The molecule has 1 aromatic heterocycles. The summed E-state index contributed by atoms with van der Waals surface area (Å²) in [6.07, 6.45) is 1.62. The molecule has 0 bridgehead atoms. The number of aryl methyl sites for hydroxylation is 1. The zero-order chi connectivity index (χ0) is 20.8. The van der Waals surface area contributed by atoms with E-state index in [-0.39, 0.29) is 19.0 Å². The number of thiazole rings is 1. The van der Waals surface area contributed by atoms with Crippen molar-refractivity contribution in [2.24, 2.45) is 10.9 Å². The number of halogens is 3. The molecule has 7 nitrogen and oxygen atoms in total. The number of guanidine groups is 1. The molecule has 1 aromatic rings. The molecule has 0 spiro atoms. The first kappa shape index (κ1) is 22.9. The molecular formula is C16H26F3N5O2S2. The number of sulfonamides is 1. The number of nitrogens with one attached hydrogen (secondary N) is 2. The Labute approximate surface area is 167 Å². The van der Waals surface area contributed by atoms with Crippen LogP contribution in [0.15, 0.2) is 10.4 Å². The van der Waals surface area contributed by atoms with Gasteiger partial charge in [0, 0.05) is 31.6 Å². The Bertz CT molecular complexity index is 757. The van der Waals surface area contributed by atoms with Crippen LogP contribution in [0.25, 0.3) is 0 Å². The summed E-state index contributed by atoms with van der Waals surface area (Å²) in [6, 6.07) is 0. The van der Waals surface area contributed by atoms with Gasteiger partial charge in [0.25, 0.3) is 0 Å². The van der Waals surface area contributed by atoms with Crippen molar-refractivity contribution in [1.29, 1.82) is 0 Å². The number of hydrogen-bond donors (Lipinski definition) is 2. The maximum Gasteiger partial charge on any atom is 0.511 e. The number of aliphatic imine (C=N–C) groups is 1. The van der Waals surface area contributed by atoms with Crippen LogP contribution in [0.2, 0.25) is 0 Å². The molecule has 0 atom stereocenters. The van der Waals surface area contributed by atoms with Gasteiger partial charge in [0.05, 0.1) is 17.2 Å². The fraction of sp³-hybridized carbons (Fsp3) is 0.750. The molecule has 0 aromatic carbocycles. The Balaban J connectivity index is 1.85. The van der Waals surface area contributed by atoms with Crippen LogP contribution in [0.4, 0.5) is 13.2 Å². The maximum absolute atomic E-state index is 12.6. The van der Waals surface area contributed by atoms with Gasteiger partial charge in [-0.1, -0.05) is 6.92 Å². The average molecular weight is 442 g/mol. The molecule has 1 fully saturated rings. The zero-order valence-corrected chi connectivity index (χ0v) is 17.6. The molecule has 2 N–H and O–H groups in total. The predicted molar refractivity (Wildman–Crippen MR) is 104 cm³/mol. The first-order valence-corrected chi connectivity index (χ1v) is 11.5. The summed E-state index contributed by atoms with van der Waals surface area (Å²) in [4.78, 5) is 8.95. The van der Waals surface area contributed by atoms with Crippen LogP contribution >= 0.6 is 11.3 Å². The summed E-state index contributed by atoms with van der Waals surface area (Å²) in [5, 5.41) is 9.35. The first-order chi connectivity index (χ1) is 13.2. The second-order valence-electron chi connectivity index (χ2n) is 6.46. The number of aromatic nitrogens is 1. The van der Waals surface area contributed by atoms with Crippen molar-refractivity contribution >= 4 is 27.3 Å². The van der Waals surface area contributed by atoms with Crippen LogP contribution < -0.4 is 10.6 Å². The van der Waals surface area contributed by atoms with Gasteiger partial charge in [0.15, 0.2) is 5.96 Å². The SMILES string of the molecule is CCNC(=NCc1csc(CC)n1)NCC1CCN(S(=O)(=O)C(F)(F)F)CC1. The molecule has 160 valence electrons. The van der Waals surface area contributed by atoms with E-state index in [0.717, 1.165) is 17.1 Å². The van der Waals surface area contributed by atoms with E-state index in [1.54, 1.807) is 11.3 Å². The van der Waals surface area contributed by atoms with Gasteiger partial charge in [0.1, 0.15) is 0 Å². The topological polar surface area (TPSA) is 86.7 Å². The summed E-state index contributed by atoms with van der Waals surface area (Å²) in [5.74, 6) is 0.688. The van der Waals surface area contributed by atoms with Crippen LogP contribution in [0.5, 0.6) is 0 Å². The smallest absolute Gasteiger partial charge is 0.357 e. The van der Waals surface area contributed by atoms with Gasteiger partial charge < -0.3 is 10.6 Å². The second kappa shape index (κ2) is 9.88. The second-order valence-corrected chi connectivity index (χ2v) is 9.33. The summed E-state index contributed by atoms with van der Waals surface area (Å²) in [5.41, 5.74) is -4.35. The van der Waals surface area contributed by atoms with Crippen molar-refractivity contribution in [3.8, 4) is 0 Å². The van der Waals surface area contributed by atoms with Gasteiger partial charge in [-0.2, -0.15) is 17.5 Å². The molecule has 1 saturated heterocycles. The molecule has 0 saturated carbocycles. The third-order valence-corrected chi connectivity index (χ3v) is 7.08. The van der Waals surface area contributed by atoms with E-state index >= 15 is 0 Å². The van der Waals surface area contributed by atoms with Crippen molar-refractivity contribution in [3.63, 3.8) is 0 Å². The van der Waals surface area contributed by atoms with Gasteiger partial charge >= 0.3 is 15.5 Å². The maximum atomic E-state index is 12.6. The van der Waals surface area contributed by atoms with Gasteiger partial charge in [-0.25, -0.2) is 18.4 Å². The van der Waals surface area contributed by atoms with Gasteiger partial charge in [-0.05, 0) is 32.1 Å². The van der Waals surface area contributed by atoms with Gasteiger partial charge in [0.2, 0.25) is 0 Å². The summed E-state index contributed by atoms with van der Waals surface area (Å²) >= 11 is 1.60. The third-order valence-electron chi connectivity index (χ3n) is 4.41. The highest BCUT2D eigenvalue weighted by Gasteiger charge is 2.50. The van der Waals surface area contributed by atoms with E-state index in [0.29, 0.717) is 42.7 Å². The Morgan fingerprint density at radius 1 is 1.32 bits per heavy atom. The number of alkyl halides is 3. The molecule has 0 amide bonds. The molecule has 1 aliphatic rings. The molecule has 12 heteroatoms. The lowest BCUT2D eigenvalue weighted by molar-refractivity contribution is -0.0496. The lowest BCUT2D eigenvalue weighted by atomic mass is 9.98. The average Bonchev–Trinajstić information content (AvgIpc) is 3.11. The van der Waals surface area contributed by atoms with E-state index in [1.165, 1.54) is 0 Å². The monoisotopic (exact) mass is 441 g/mol. The normalized spacial score (nSPS) is 17.7. The largest absolute Gasteiger partial charge is 0.511 e.